The summed E-state index contributed by atoms with van der Waals surface area (Å²) in [5.41, 5.74) is 3.16. The Labute approximate surface area is 111 Å². The molecule has 1 aliphatic rings. The summed E-state index contributed by atoms with van der Waals surface area (Å²) in [6, 6.07) is 11.7. The van der Waals surface area contributed by atoms with Gasteiger partial charge in [0.1, 0.15) is 0 Å². The van der Waals surface area contributed by atoms with E-state index < -0.39 is 0 Å². The normalized spacial score (nSPS) is 16.5. The monoisotopic (exact) mass is 253 g/mol. The molecule has 2 aromatic rings. The van der Waals surface area contributed by atoms with Gasteiger partial charge in [0.15, 0.2) is 0 Å². The third-order valence-electron chi connectivity index (χ3n) is 3.34. The maximum absolute atomic E-state index is 12.0. The molecule has 96 valence electrons. The lowest BCUT2D eigenvalue weighted by Gasteiger charge is -2.10. The van der Waals surface area contributed by atoms with Gasteiger partial charge in [-0.15, -0.1) is 0 Å². The Morgan fingerprint density at radius 3 is 2.89 bits per heavy atom. The van der Waals surface area contributed by atoms with Gasteiger partial charge in [-0.05, 0) is 23.8 Å². The highest BCUT2D eigenvalue weighted by Crippen LogP contribution is 2.33. The van der Waals surface area contributed by atoms with Crippen molar-refractivity contribution in [1.82, 2.24) is 4.98 Å². The Hall–Kier alpha value is -2.36. The number of nitrogens with one attached hydrogen (secondary N) is 2. The molecule has 4 nitrogen and oxygen atoms in total. The number of amides is 1. The van der Waals surface area contributed by atoms with E-state index in [1.807, 2.05) is 12.1 Å². The molecule has 0 fully saturated rings. The molecule has 2 heterocycles. The predicted octanol–water partition coefficient (Wildman–Crippen LogP) is 2.62. The number of rotatable bonds is 3. The first-order valence-corrected chi connectivity index (χ1v) is 6.35. The lowest BCUT2D eigenvalue weighted by atomic mass is 9.97. The minimum Gasteiger partial charge on any atom is -0.384 e. The number of hydrogen-bond acceptors (Lipinski definition) is 3. The highest BCUT2D eigenvalue weighted by Gasteiger charge is 2.23. The maximum Gasteiger partial charge on any atom is 0.225 e. The first-order chi connectivity index (χ1) is 9.33. The van der Waals surface area contributed by atoms with Crippen LogP contribution in [0.2, 0.25) is 0 Å². The van der Waals surface area contributed by atoms with Crippen LogP contribution < -0.4 is 10.6 Å². The van der Waals surface area contributed by atoms with Crippen molar-refractivity contribution in [3.8, 4) is 0 Å². The third-order valence-corrected chi connectivity index (χ3v) is 3.34. The van der Waals surface area contributed by atoms with Crippen molar-refractivity contribution >= 4 is 17.3 Å². The van der Waals surface area contributed by atoms with E-state index in [4.69, 9.17) is 0 Å². The van der Waals surface area contributed by atoms with Crippen molar-refractivity contribution in [2.45, 2.75) is 12.3 Å². The number of nitrogens with zero attached hydrogens (tertiary/aromatic N) is 1. The van der Waals surface area contributed by atoms with Crippen LogP contribution in [0.3, 0.4) is 0 Å². The average molecular weight is 253 g/mol. The second kappa shape index (κ2) is 5.10. The molecule has 2 N–H and O–H groups in total. The van der Waals surface area contributed by atoms with Gasteiger partial charge in [-0.1, -0.05) is 18.2 Å². The van der Waals surface area contributed by atoms with Crippen LogP contribution in [0.15, 0.2) is 48.8 Å². The number of aromatic nitrogens is 1. The van der Waals surface area contributed by atoms with Gasteiger partial charge in [-0.3, -0.25) is 9.78 Å². The summed E-state index contributed by atoms with van der Waals surface area (Å²) in [6.45, 7) is 0.823. The summed E-state index contributed by atoms with van der Waals surface area (Å²) in [6.07, 6.45) is 3.83. The zero-order chi connectivity index (χ0) is 13.1. The second-order valence-corrected chi connectivity index (χ2v) is 4.65. The highest BCUT2D eigenvalue weighted by atomic mass is 16.1. The van der Waals surface area contributed by atoms with Crippen LogP contribution in [0.25, 0.3) is 0 Å². The van der Waals surface area contributed by atoms with E-state index in [2.05, 4.69) is 27.8 Å². The zero-order valence-corrected chi connectivity index (χ0v) is 10.5. The number of fused-ring (bicyclic) bond motifs is 1. The van der Waals surface area contributed by atoms with Gasteiger partial charge in [0.05, 0.1) is 0 Å². The Kier molecular flexibility index (Phi) is 3.14. The molecule has 0 bridgehead atoms. The van der Waals surface area contributed by atoms with Gasteiger partial charge < -0.3 is 10.6 Å². The molecule has 0 saturated carbocycles. The lowest BCUT2D eigenvalue weighted by molar-refractivity contribution is -0.116. The van der Waals surface area contributed by atoms with Gasteiger partial charge in [0.2, 0.25) is 5.91 Å². The first kappa shape index (κ1) is 11.7. The number of hydrogen-bond donors (Lipinski definition) is 2. The summed E-state index contributed by atoms with van der Waals surface area (Å²) >= 11 is 0. The molecular weight excluding hydrogens is 238 g/mol. The van der Waals surface area contributed by atoms with Gasteiger partial charge in [-0.25, -0.2) is 0 Å². The molecule has 0 aliphatic carbocycles. The molecule has 0 saturated heterocycles. The van der Waals surface area contributed by atoms with Crippen molar-refractivity contribution in [3.05, 3.63) is 54.4 Å². The van der Waals surface area contributed by atoms with E-state index in [0.717, 1.165) is 17.9 Å². The molecule has 1 unspecified atom stereocenters. The largest absolute Gasteiger partial charge is 0.384 e. The maximum atomic E-state index is 12.0. The molecule has 1 amide bonds. The molecule has 1 atom stereocenters. The molecule has 0 spiro atoms. The third kappa shape index (κ3) is 2.57. The number of anilines is 2. The number of carbonyl (C=O) groups excluding carboxylic acids is 1. The molecular formula is C15H15N3O. The Balaban J connectivity index is 1.65. The molecule has 1 aliphatic heterocycles. The van der Waals surface area contributed by atoms with Crippen LogP contribution in [0, 0.1) is 0 Å². The van der Waals surface area contributed by atoms with Gasteiger partial charge >= 0.3 is 0 Å². The minimum absolute atomic E-state index is 0.0368. The highest BCUT2D eigenvalue weighted by molar-refractivity contribution is 5.91. The average Bonchev–Trinajstić information content (AvgIpc) is 2.83. The smallest absolute Gasteiger partial charge is 0.225 e. The number of carbonyl (C=O) groups is 1. The fourth-order valence-electron chi connectivity index (χ4n) is 2.41. The molecule has 19 heavy (non-hydrogen) atoms. The topological polar surface area (TPSA) is 54.0 Å². The Morgan fingerprint density at radius 2 is 2.05 bits per heavy atom. The van der Waals surface area contributed by atoms with Crippen LogP contribution in [0.1, 0.15) is 17.9 Å². The van der Waals surface area contributed by atoms with E-state index in [1.54, 1.807) is 24.5 Å². The Bertz CT molecular complexity index is 583. The zero-order valence-electron chi connectivity index (χ0n) is 10.5. The van der Waals surface area contributed by atoms with E-state index >= 15 is 0 Å². The molecule has 1 aromatic heterocycles. The first-order valence-electron chi connectivity index (χ1n) is 6.35. The molecule has 4 heteroatoms. The summed E-state index contributed by atoms with van der Waals surface area (Å²) in [7, 11) is 0. The summed E-state index contributed by atoms with van der Waals surface area (Å²) < 4.78 is 0. The number of para-hydroxylation sites is 1. The number of benzene rings is 1. The summed E-state index contributed by atoms with van der Waals surface area (Å²) in [5.74, 6) is 0.285. The van der Waals surface area contributed by atoms with Crippen LogP contribution in [0.5, 0.6) is 0 Å². The standard InChI is InChI=1S/C15H15N3O/c19-15(18-12-5-7-16-8-6-12)9-11-10-17-14-4-2-1-3-13(11)14/h1-8,11,17H,9-10H2,(H,16,18,19). The van der Waals surface area contributed by atoms with E-state index in [0.29, 0.717) is 6.42 Å². The van der Waals surface area contributed by atoms with Crippen molar-refractivity contribution < 1.29 is 4.79 Å². The van der Waals surface area contributed by atoms with E-state index in [1.165, 1.54) is 5.56 Å². The van der Waals surface area contributed by atoms with Crippen LogP contribution >= 0.6 is 0 Å². The Morgan fingerprint density at radius 1 is 1.26 bits per heavy atom. The van der Waals surface area contributed by atoms with E-state index in [-0.39, 0.29) is 11.8 Å². The van der Waals surface area contributed by atoms with Gasteiger partial charge in [-0.2, -0.15) is 0 Å². The van der Waals surface area contributed by atoms with Crippen LogP contribution in [0.4, 0.5) is 11.4 Å². The fourth-order valence-corrected chi connectivity index (χ4v) is 2.41. The summed E-state index contributed by atoms with van der Waals surface area (Å²) in [5, 5.41) is 6.22. The fraction of sp³-hybridized carbons (Fsp3) is 0.200. The predicted molar refractivity (Wildman–Crippen MR) is 75.2 cm³/mol. The minimum atomic E-state index is 0.0368. The molecule has 1 aromatic carbocycles. The van der Waals surface area contributed by atoms with Crippen LogP contribution in [-0.2, 0) is 4.79 Å². The van der Waals surface area contributed by atoms with E-state index in [9.17, 15) is 4.79 Å². The van der Waals surface area contributed by atoms with Crippen molar-refractivity contribution in [2.24, 2.45) is 0 Å². The van der Waals surface area contributed by atoms with Crippen molar-refractivity contribution in [2.75, 3.05) is 17.2 Å². The second-order valence-electron chi connectivity index (χ2n) is 4.65. The van der Waals surface area contributed by atoms with Crippen molar-refractivity contribution in [3.63, 3.8) is 0 Å². The van der Waals surface area contributed by atoms with Gasteiger partial charge in [0.25, 0.3) is 0 Å². The molecule has 3 rings (SSSR count). The molecule has 0 radical (unpaired) electrons. The van der Waals surface area contributed by atoms with Crippen molar-refractivity contribution in [1.29, 1.82) is 0 Å². The quantitative estimate of drug-likeness (QED) is 0.884. The van der Waals surface area contributed by atoms with Crippen LogP contribution in [-0.4, -0.2) is 17.4 Å². The summed E-state index contributed by atoms with van der Waals surface area (Å²) in [4.78, 5) is 15.9. The van der Waals surface area contributed by atoms with Gasteiger partial charge in [0, 0.05) is 42.7 Å². The number of pyridine rings is 1. The SMILES string of the molecule is O=C(CC1CNc2ccccc21)Nc1ccncc1. The lowest BCUT2D eigenvalue weighted by Crippen LogP contribution is -2.16.